The number of hydrogen-bond donors (Lipinski definition) is 0. The van der Waals surface area contributed by atoms with Gasteiger partial charge in [0.25, 0.3) is 0 Å². The predicted octanol–water partition coefficient (Wildman–Crippen LogP) is 11.8. The predicted molar refractivity (Wildman–Crippen MR) is 205 cm³/mol. The zero-order valence-electron chi connectivity index (χ0n) is 31.6. The summed E-state index contributed by atoms with van der Waals surface area (Å²) >= 11 is 0. The molecule has 0 unspecified atom stereocenters. The Bertz CT molecular complexity index is 2460. The highest BCUT2D eigenvalue weighted by molar-refractivity contribution is 6.09. The van der Waals surface area contributed by atoms with E-state index in [0.717, 1.165) is 62.0 Å². The second kappa shape index (κ2) is 11.6. The van der Waals surface area contributed by atoms with Gasteiger partial charge in [0, 0.05) is 44.6 Å². The molecule has 8 rings (SSSR count). The molecule has 244 valence electrons. The van der Waals surface area contributed by atoms with Gasteiger partial charge in [-0.3, -0.25) is 4.57 Å². The Morgan fingerprint density at radius 3 is 2.00 bits per heavy atom. The molecule has 2 aromatic heterocycles. The van der Waals surface area contributed by atoms with Crippen molar-refractivity contribution in [2.24, 2.45) is 0 Å². The maximum atomic E-state index is 8.15. The first-order chi connectivity index (χ1) is 24.8. The molecule has 0 saturated carbocycles. The van der Waals surface area contributed by atoms with Crippen LogP contribution >= 0.6 is 0 Å². The summed E-state index contributed by atoms with van der Waals surface area (Å²) in [7, 11) is 0. The summed E-state index contributed by atoms with van der Waals surface area (Å²) in [5.74, 6) is 2.34. The molecule has 5 heteroatoms. The molecular formula is C44H42N4O. The molecule has 3 heterocycles. The summed E-state index contributed by atoms with van der Waals surface area (Å²) < 4.78 is 33.3. The van der Waals surface area contributed by atoms with Crippen molar-refractivity contribution >= 4 is 44.6 Å². The highest BCUT2D eigenvalue weighted by Gasteiger charge is 2.29. The Kier molecular flexibility index (Phi) is 6.46. The topological polar surface area (TPSA) is 33.5 Å². The van der Waals surface area contributed by atoms with Gasteiger partial charge in [-0.2, -0.15) is 0 Å². The lowest BCUT2D eigenvalue weighted by molar-refractivity contribution is 0.483. The third-order valence-corrected chi connectivity index (χ3v) is 9.48. The van der Waals surface area contributed by atoms with Crippen molar-refractivity contribution in [1.29, 1.82) is 0 Å². The minimum Gasteiger partial charge on any atom is -0.457 e. The smallest absolute Gasteiger partial charge is 0.137 e. The number of rotatable bonds is 5. The monoisotopic (exact) mass is 645 g/mol. The minimum atomic E-state index is -2.13. The first-order valence-corrected chi connectivity index (χ1v) is 16.8. The number of aromatic nitrogens is 2. The van der Waals surface area contributed by atoms with Crippen molar-refractivity contribution in [2.75, 3.05) is 16.5 Å². The van der Waals surface area contributed by atoms with Gasteiger partial charge in [0.05, 0.1) is 22.4 Å². The first kappa shape index (κ1) is 27.4. The van der Waals surface area contributed by atoms with Crippen molar-refractivity contribution < 1.29 is 8.85 Å². The van der Waals surface area contributed by atoms with Crippen LogP contribution in [0.5, 0.6) is 11.5 Å². The molecule has 0 fully saturated rings. The number of ether oxygens (including phenoxy) is 1. The SMILES string of the molecule is [2H]C([2H])([2H])C(C)(C)c1cccc(N2CN(c3cccc(Oc4ccc5c6ccccc6n(-c6cc(C(C)(C)C)ccn6)c5c4)c3)c3ccccc32)c1. The molecule has 0 atom stereocenters. The Labute approximate surface area is 293 Å². The summed E-state index contributed by atoms with van der Waals surface area (Å²) in [6.45, 7) is 8.66. The fourth-order valence-corrected chi connectivity index (χ4v) is 6.84. The second-order valence-corrected chi connectivity index (χ2v) is 14.4. The fraction of sp³-hybridized carbons (Fsp3) is 0.205. The standard InChI is InChI=1S/C44H42N4O/c1-43(2,3)30-13-11-14-32(25-30)46-29-47(40-20-10-9-19-39(40)46)33-15-12-16-34(27-33)49-35-21-22-37-36-17-7-8-18-38(36)48(41(37)28-35)42-26-31(23-24-45-42)44(4,5)6/h7-28H,29H2,1-6H3/i1D3. The van der Waals surface area contributed by atoms with Gasteiger partial charge < -0.3 is 14.5 Å². The molecule has 0 spiro atoms. The van der Waals surface area contributed by atoms with E-state index in [1.165, 1.54) is 10.9 Å². The Morgan fingerprint density at radius 2 is 1.24 bits per heavy atom. The van der Waals surface area contributed by atoms with Crippen molar-refractivity contribution in [1.82, 2.24) is 9.55 Å². The van der Waals surface area contributed by atoms with Gasteiger partial charge in [-0.15, -0.1) is 0 Å². The van der Waals surface area contributed by atoms with E-state index in [4.69, 9.17) is 13.8 Å². The molecule has 7 aromatic rings. The van der Waals surface area contributed by atoms with Crippen molar-refractivity contribution in [3.63, 3.8) is 0 Å². The summed E-state index contributed by atoms with van der Waals surface area (Å²) in [6.07, 6.45) is 1.90. The van der Waals surface area contributed by atoms with Crippen LogP contribution in [-0.2, 0) is 10.8 Å². The number of benzene rings is 5. The summed E-state index contributed by atoms with van der Waals surface area (Å²) in [5.41, 5.74) is 7.19. The van der Waals surface area contributed by atoms with Crippen LogP contribution in [-0.4, -0.2) is 16.2 Å². The van der Waals surface area contributed by atoms with E-state index >= 15 is 0 Å². The lowest BCUT2D eigenvalue weighted by atomic mass is 9.87. The Balaban J connectivity index is 1.13. The van der Waals surface area contributed by atoms with E-state index < -0.39 is 12.3 Å². The molecule has 0 aliphatic carbocycles. The van der Waals surface area contributed by atoms with Crippen molar-refractivity contribution in [3.05, 3.63) is 145 Å². The Morgan fingerprint density at radius 1 is 0.592 bits per heavy atom. The van der Waals surface area contributed by atoms with Crippen LogP contribution in [0.4, 0.5) is 22.7 Å². The average Bonchev–Trinajstić information content (AvgIpc) is 3.67. The number of fused-ring (bicyclic) bond motifs is 4. The molecular weight excluding hydrogens is 601 g/mol. The van der Waals surface area contributed by atoms with E-state index in [0.29, 0.717) is 6.67 Å². The highest BCUT2D eigenvalue weighted by atomic mass is 16.5. The molecule has 0 N–H and O–H groups in total. The van der Waals surface area contributed by atoms with Crippen LogP contribution < -0.4 is 14.5 Å². The van der Waals surface area contributed by atoms with Gasteiger partial charge in [-0.1, -0.05) is 90.0 Å². The molecule has 49 heavy (non-hydrogen) atoms. The van der Waals surface area contributed by atoms with Crippen molar-refractivity contribution in [2.45, 2.75) is 52.3 Å². The quantitative estimate of drug-likeness (QED) is 0.186. The summed E-state index contributed by atoms with van der Waals surface area (Å²) in [5, 5.41) is 2.30. The maximum absolute atomic E-state index is 8.15. The molecule has 1 aliphatic heterocycles. The van der Waals surface area contributed by atoms with E-state index in [1.807, 2.05) is 60.8 Å². The lowest BCUT2D eigenvalue weighted by Gasteiger charge is -2.25. The zero-order valence-corrected chi connectivity index (χ0v) is 28.6. The van der Waals surface area contributed by atoms with E-state index in [9.17, 15) is 0 Å². The van der Waals surface area contributed by atoms with E-state index in [-0.39, 0.29) is 5.41 Å². The second-order valence-electron chi connectivity index (χ2n) is 14.4. The van der Waals surface area contributed by atoms with Crippen LogP contribution in [0.1, 0.15) is 56.7 Å². The van der Waals surface area contributed by atoms with Gasteiger partial charge in [0.2, 0.25) is 0 Å². The van der Waals surface area contributed by atoms with Crippen LogP contribution in [0.3, 0.4) is 0 Å². The number of anilines is 4. The minimum absolute atomic E-state index is 0.0107. The Hall–Kier alpha value is -5.55. The van der Waals surface area contributed by atoms with Crippen LogP contribution in [0.15, 0.2) is 134 Å². The summed E-state index contributed by atoms with van der Waals surface area (Å²) in [6, 6.07) is 43.4. The number of pyridine rings is 1. The number of para-hydroxylation sites is 3. The normalized spacial score (nSPS) is 14.5. The van der Waals surface area contributed by atoms with Gasteiger partial charge in [-0.25, -0.2) is 4.98 Å². The van der Waals surface area contributed by atoms with E-state index in [2.05, 4.69) is 108 Å². The number of hydrogen-bond acceptors (Lipinski definition) is 4. The molecule has 0 radical (unpaired) electrons. The van der Waals surface area contributed by atoms with Crippen LogP contribution in [0.2, 0.25) is 0 Å². The van der Waals surface area contributed by atoms with Crippen molar-refractivity contribution in [3.8, 4) is 17.3 Å². The highest BCUT2D eigenvalue weighted by Crippen LogP contribution is 2.45. The van der Waals surface area contributed by atoms with Crippen LogP contribution in [0, 0.1) is 0 Å². The van der Waals surface area contributed by atoms with Gasteiger partial charge in [-0.05, 0) is 88.7 Å². The maximum Gasteiger partial charge on any atom is 0.137 e. The number of nitrogens with zero attached hydrogens (tertiary/aromatic N) is 4. The summed E-state index contributed by atoms with van der Waals surface area (Å²) in [4.78, 5) is 9.32. The van der Waals surface area contributed by atoms with Crippen LogP contribution in [0.25, 0.3) is 27.6 Å². The molecule has 1 aliphatic rings. The molecule has 0 saturated heterocycles. The molecule has 0 bridgehead atoms. The van der Waals surface area contributed by atoms with Gasteiger partial charge in [0.1, 0.15) is 24.0 Å². The average molecular weight is 646 g/mol. The first-order valence-electron chi connectivity index (χ1n) is 18.3. The third kappa shape index (κ3) is 5.59. The van der Waals surface area contributed by atoms with E-state index in [1.54, 1.807) is 13.8 Å². The third-order valence-electron chi connectivity index (χ3n) is 9.48. The van der Waals surface area contributed by atoms with Gasteiger partial charge in [0.15, 0.2) is 0 Å². The molecule has 5 aromatic carbocycles. The molecule has 5 nitrogen and oxygen atoms in total. The largest absolute Gasteiger partial charge is 0.457 e. The lowest BCUT2D eigenvalue weighted by Crippen LogP contribution is -2.24. The van der Waals surface area contributed by atoms with Gasteiger partial charge >= 0.3 is 0 Å². The zero-order chi connectivity index (χ0) is 36.4. The molecule has 0 amide bonds. The fourth-order valence-electron chi connectivity index (χ4n) is 6.84.